The minimum atomic E-state index is -0.590. The van der Waals surface area contributed by atoms with Gasteiger partial charge in [0.05, 0.1) is 7.11 Å². The van der Waals surface area contributed by atoms with Gasteiger partial charge in [0.25, 0.3) is 0 Å². The molecule has 1 aliphatic rings. The number of esters is 1. The van der Waals surface area contributed by atoms with Crippen molar-refractivity contribution in [2.75, 3.05) is 7.11 Å². The molecule has 0 aromatic heterocycles. The first-order valence-electron chi connectivity index (χ1n) is 4.43. The number of hydroxylamine groups is 2. The quantitative estimate of drug-likeness (QED) is 0.678. The Kier molecular flexibility index (Phi) is 3.00. The van der Waals surface area contributed by atoms with Gasteiger partial charge >= 0.3 is 5.97 Å². The summed E-state index contributed by atoms with van der Waals surface area (Å²) in [6.45, 7) is 5.40. The minimum Gasteiger partial charge on any atom is -0.470 e. The molecule has 0 spiro atoms. The molecule has 0 aliphatic carbocycles. The van der Waals surface area contributed by atoms with Gasteiger partial charge in [-0.25, -0.2) is 9.86 Å². The highest BCUT2D eigenvalue weighted by Gasteiger charge is 2.37. The lowest BCUT2D eigenvalue weighted by atomic mass is 10.2. The molecule has 1 aliphatic heterocycles. The van der Waals surface area contributed by atoms with Crippen molar-refractivity contribution in [2.24, 2.45) is 5.92 Å². The lowest BCUT2D eigenvalue weighted by Gasteiger charge is -2.22. The maximum absolute atomic E-state index is 11.2. The fourth-order valence-electron chi connectivity index (χ4n) is 1.33. The predicted molar refractivity (Wildman–Crippen MR) is 48.1 cm³/mol. The van der Waals surface area contributed by atoms with Crippen LogP contribution in [0.3, 0.4) is 0 Å². The van der Waals surface area contributed by atoms with Gasteiger partial charge < -0.3 is 9.47 Å². The Labute approximate surface area is 82.9 Å². The summed E-state index contributed by atoms with van der Waals surface area (Å²) in [5, 5.41) is 10.5. The van der Waals surface area contributed by atoms with Gasteiger partial charge in [0.15, 0.2) is 11.9 Å². The maximum atomic E-state index is 11.2. The summed E-state index contributed by atoms with van der Waals surface area (Å²) < 4.78 is 9.85. The van der Waals surface area contributed by atoms with Crippen LogP contribution in [0.1, 0.15) is 20.8 Å². The van der Waals surface area contributed by atoms with Crippen LogP contribution in [0.25, 0.3) is 0 Å². The first-order chi connectivity index (χ1) is 6.49. The zero-order chi connectivity index (χ0) is 10.9. The average molecular weight is 201 g/mol. The molecule has 0 radical (unpaired) electrons. The zero-order valence-electron chi connectivity index (χ0n) is 8.77. The van der Waals surface area contributed by atoms with Crippen LogP contribution in [-0.4, -0.2) is 29.6 Å². The molecule has 1 rings (SSSR count). The topological polar surface area (TPSA) is 59.0 Å². The molecule has 14 heavy (non-hydrogen) atoms. The summed E-state index contributed by atoms with van der Waals surface area (Å²) in [6.07, 6.45) is -0.510. The number of hydrogen-bond donors (Lipinski definition) is 1. The molecule has 0 amide bonds. The average Bonchev–Trinajstić information content (AvgIpc) is 2.41. The summed E-state index contributed by atoms with van der Waals surface area (Å²) in [7, 11) is 1.26. The number of nitrogens with zero attached hydrogens (tertiary/aromatic N) is 1. The lowest BCUT2D eigenvalue weighted by molar-refractivity contribution is -0.175. The van der Waals surface area contributed by atoms with Crippen LogP contribution in [0, 0.1) is 5.92 Å². The second kappa shape index (κ2) is 3.88. The van der Waals surface area contributed by atoms with E-state index in [4.69, 9.17) is 4.74 Å². The Balaban J connectivity index is 2.86. The standard InChI is InChI=1S/C9H15NO4/c1-5(2)8-10(12)7(6(3)14-8)9(11)13-4/h5,8,12H,1-4H3. The lowest BCUT2D eigenvalue weighted by Crippen LogP contribution is -2.34. The van der Waals surface area contributed by atoms with Crippen molar-refractivity contribution >= 4 is 5.97 Å². The zero-order valence-corrected chi connectivity index (χ0v) is 8.77. The van der Waals surface area contributed by atoms with Gasteiger partial charge in [-0.15, -0.1) is 0 Å². The number of carbonyl (C=O) groups excluding carboxylic acids is 1. The molecule has 0 aromatic rings. The van der Waals surface area contributed by atoms with Gasteiger partial charge in [-0.3, -0.25) is 5.21 Å². The molecule has 1 unspecified atom stereocenters. The van der Waals surface area contributed by atoms with Gasteiger partial charge in [0.1, 0.15) is 5.76 Å². The summed E-state index contributed by atoms with van der Waals surface area (Å²) >= 11 is 0. The number of methoxy groups -OCH3 is 1. The first-order valence-corrected chi connectivity index (χ1v) is 4.43. The van der Waals surface area contributed by atoms with Crippen LogP contribution in [-0.2, 0) is 14.3 Å². The molecule has 0 bridgehead atoms. The number of ether oxygens (including phenoxy) is 2. The van der Waals surface area contributed by atoms with E-state index in [1.165, 1.54) is 7.11 Å². The molecule has 1 atom stereocenters. The third-order valence-electron chi connectivity index (χ3n) is 2.05. The van der Waals surface area contributed by atoms with Crippen molar-refractivity contribution in [2.45, 2.75) is 27.0 Å². The number of hydrogen-bond acceptors (Lipinski definition) is 5. The Hall–Kier alpha value is -1.23. The molecule has 5 heteroatoms. The second-order valence-electron chi connectivity index (χ2n) is 3.49. The van der Waals surface area contributed by atoms with E-state index in [0.29, 0.717) is 5.76 Å². The van der Waals surface area contributed by atoms with Crippen LogP contribution >= 0.6 is 0 Å². The molecule has 80 valence electrons. The highest BCUT2D eigenvalue weighted by molar-refractivity contribution is 5.88. The van der Waals surface area contributed by atoms with E-state index in [1.54, 1.807) is 6.92 Å². The van der Waals surface area contributed by atoms with Crippen molar-refractivity contribution in [3.05, 3.63) is 11.5 Å². The predicted octanol–water partition coefficient (Wildman–Crippen LogP) is 1.09. The molecular weight excluding hydrogens is 186 g/mol. The van der Waals surface area contributed by atoms with E-state index in [-0.39, 0.29) is 11.6 Å². The summed E-state index contributed by atoms with van der Waals surface area (Å²) in [6, 6.07) is 0. The van der Waals surface area contributed by atoms with Crippen molar-refractivity contribution in [1.29, 1.82) is 0 Å². The van der Waals surface area contributed by atoms with Crippen LogP contribution in [0.15, 0.2) is 11.5 Å². The van der Waals surface area contributed by atoms with E-state index in [1.807, 2.05) is 13.8 Å². The van der Waals surface area contributed by atoms with Gasteiger partial charge in [-0.1, -0.05) is 13.8 Å². The van der Waals surface area contributed by atoms with Crippen molar-refractivity contribution in [3.8, 4) is 0 Å². The normalized spacial score (nSPS) is 21.6. The highest BCUT2D eigenvalue weighted by atomic mass is 16.6. The van der Waals surface area contributed by atoms with Crippen molar-refractivity contribution < 1.29 is 19.5 Å². The molecule has 1 N–H and O–H groups in total. The summed E-state index contributed by atoms with van der Waals surface area (Å²) in [5.74, 6) is -0.122. The van der Waals surface area contributed by atoms with Gasteiger partial charge in [0.2, 0.25) is 0 Å². The second-order valence-corrected chi connectivity index (χ2v) is 3.49. The van der Waals surface area contributed by atoms with E-state index in [9.17, 15) is 10.0 Å². The number of carbonyl (C=O) groups is 1. The molecule has 1 heterocycles. The molecule has 0 saturated heterocycles. The Morgan fingerprint density at radius 3 is 2.57 bits per heavy atom. The molecule has 0 saturated carbocycles. The van der Waals surface area contributed by atoms with Crippen LogP contribution in [0.2, 0.25) is 0 Å². The Morgan fingerprint density at radius 1 is 1.64 bits per heavy atom. The minimum absolute atomic E-state index is 0.0752. The summed E-state index contributed by atoms with van der Waals surface area (Å²) in [5.41, 5.74) is 0.0752. The first kappa shape index (κ1) is 10.8. The van der Waals surface area contributed by atoms with Gasteiger partial charge in [0, 0.05) is 5.92 Å². The third-order valence-corrected chi connectivity index (χ3v) is 2.05. The Morgan fingerprint density at radius 2 is 2.21 bits per heavy atom. The molecular formula is C9H15NO4. The Bertz CT molecular complexity index is 272. The van der Waals surface area contributed by atoms with E-state index in [0.717, 1.165) is 5.06 Å². The highest BCUT2D eigenvalue weighted by Crippen LogP contribution is 2.28. The SMILES string of the molecule is COC(=O)C1=C(C)OC(C(C)C)N1O. The maximum Gasteiger partial charge on any atom is 0.360 e. The fraction of sp³-hybridized carbons (Fsp3) is 0.667. The summed E-state index contributed by atoms with van der Waals surface area (Å²) in [4.78, 5) is 11.2. The number of allylic oxidation sites excluding steroid dienone is 1. The fourth-order valence-corrected chi connectivity index (χ4v) is 1.33. The smallest absolute Gasteiger partial charge is 0.360 e. The number of rotatable bonds is 2. The monoisotopic (exact) mass is 201 g/mol. The molecule has 5 nitrogen and oxygen atoms in total. The van der Waals surface area contributed by atoms with Crippen LogP contribution < -0.4 is 0 Å². The van der Waals surface area contributed by atoms with Gasteiger partial charge in [-0.05, 0) is 6.92 Å². The van der Waals surface area contributed by atoms with Crippen LogP contribution in [0.5, 0.6) is 0 Å². The molecule has 0 fully saturated rings. The van der Waals surface area contributed by atoms with Crippen molar-refractivity contribution in [3.63, 3.8) is 0 Å². The largest absolute Gasteiger partial charge is 0.470 e. The van der Waals surface area contributed by atoms with E-state index < -0.39 is 12.2 Å². The van der Waals surface area contributed by atoms with Crippen LogP contribution in [0.4, 0.5) is 0 Å². The van der Waals surface area contributed by atoms with Gasteiger partial charge in [-0.2, -0.15) is 0 Å². The van der Waals surface area contributed by atoms with E-state index in [2.05, 4.69) is 4.74 Å². The third kappa shape index (κ3) is 1.68. The van der Waals surface area contributed by atoms with Crippen molar-refractivity contribution in [1.82, 2.24) is 5.06 Å². The molecule has 0 aromatic carbocycles. The van der Waals surface area contributed by atoms with E-state index >= 15 is 0 Å².